The monoisotopic (exact) mass is 229 g/mol. The normalized spacial score (nSPS) is 22.9. The van der Waals surface area contributed by atoms with Gasteiger partial charge >= 0.3 is 6.09 Å². The SMILES string of the molecule is CC(C)(C)OC(=O)N1CC[C@@H](O)CC(=O)C1. The molecule has 0 radical (unpaired) electrons. The van der Waals surface area contributed by atoms with Crippen molar-refractivity contribution in [3.63, 3.8) is 0 Å². The standard InChI is InChI=1S/C11H19NO4/c1-11(2,3)16-10(15)12-5-4-8(13)6-9(14)7-12/h8,13H,4-7H2,1-3H3/t8-/m1/s1. The minimum absolute atomic E-state index is 0.0337. The topological polar surface area (TPSA) is 66.8 Å². The molecule has 1 aliphatic heterocycles. The molecular weight excluding hydrogens is 210 g/mol. The van der Waals surface area contributed by atoms with Crippen LogP contribution in [0.4, 0.5) is 4.79 Å². The van der Waals surface area contributed by atoms with Gasteiger partial charge in [0.05, 0.1) is 12.6 Å². The van der Waals surface area contributed by atoms with Gasteiger partial charge in [-0.1, -0.05) is 0 Å². The highest BCUT2D eigenvalue weighted by Gasteiger charge is 2.27. The summed E-state index contributed by atoms with van der Waals surface area (Å²) >= 11 is 0. The van der Waals surface area contributed by atoms with Gasteiger partial charge in [-0.15, -0.1) is 0 Å². The lowest BCUT2D eigenvalue weighted by Gasteiger charge is -2.25. The molecule has 0 unspecified atom stereocenters. The quantitative estimate of drug-likeness (QED) is 0.671. The highest BCUT2D eigenvalue weighted by atomic mass is 16.6. The molecule has 5 nitrogen and oxygen atoms in total. The summed E-state index contributed by atoms with van der Waals surface area (Å²) in [6.07, 6.45) is -0.584. The first kappa shape index (κ1) is 13.0. The van der Waals surface area contributed by atoms with E-state index >= 15 is 0 Å². The summed E-state index contributed by atoms with van der Waals surface area (Å²) in [5, 5.41) is 9.39. The number of aliphatic hydroxyl groups excluding tert-OH is 1. The van der Waals surface area contributed by atoms with E-state index in [2.05, 4.69) is 0 Å². The molecule has 1 rings (SSSR count). The van der Waals surface area contributed by atoms with Crippen molar-refractivity contribution in [1.82, 2.24) is 4.90 Å². The molecule has 92 valence electrons. The molecule has 0 aromatic heterocycles. The van der Waals surface area contributed by atoms with Crippen LogP contribution < -0.4 is 0 Å². The molecule has 0 aliphatic carbocycles. The van der Waals surface area contributed by atoms with Crippen LogP contribution in [0.3, 0.4) is 0 Å². The van der Waals surface area contributed by atoms with E-state index in [0.717, 1.165) is 0 Å². The lowest BCUT2D eigenvalue weighted by Crippen LogP contribution is -2.39. The summed E-state index contributed by atoms with van der Waals surface area (Å²) in [5.74, 6) is -0.129. The molecule has 1 N–H and O–H groups in total. The second-order valence-electron chi connectivity index (χ2n) is 5.09. The zero-order valence-electron chi connectivity index (χ0n) is 10.0. The van der Waals surface area contributed by atoms with Gasteiger partial charge in [0.1, 0.15) is 5.60 Å². The molecule has 0 aromatic rings. The van der Waals surface area contributed by atoms with Gasteiger partial charge in [-0.05, 0) is 27.2 Å². The van der Waals surface area contributed by atoms with Crippen LogP contribution in [-0.4, -0.2) is 46.7 Å². The van der Waals surface area contributed by atoms with Crippen molar-refractivity contribution in [3.05, 3.63) is 0 Å². The third kappa shape index (κ3) is 4.18. The molecule has 1 fully saturated rings. The summed E-state index contributed by atoms with van der Waals surface area (Å²) in [6, 6.07) is 0. The first-order valence-electron chi connectivity index (χ1n) is 5.45. The minimum Gasteiger partial charge on any atom is -0.444 e. The maximum Gasteiger partial charge on any atom is 0.410 e. The van der Waals surface area contributed by atoms with Crippen LogP contribution in [-0.2, 0) is 9.53 Å². The number of carbonyl (C=O) groups excluding carboxylic acids is 2. The molecule has 1 saturated heterocycles. The predicted octanol–water partition coefficient (Wildman–Crippen LogP) is 0.947. The number of ether oxygens (including phenoxy) is 1. The zero-order valence-corrected chi connectivity index (χ0v) is 10.0. The van der Waals surface area contributed by atoms with Crippen LogP contribution in [0.25, 0.3) is 0 Å². The largest absolute Gasteiger partial charge is 0.444 e. The number of amides is 1. The maximum atomic E-state index is 11.7. The van der Waals surface area contributed by atoms with Crippen molar-refractivity contribution in [1.29, 1.82) is 0 Å². The second kappa shape index (κ2) is 4.82. The van der Waals surface area contributed by atoms with E-state index in [1.165, 1.54) is 4.90 Å². The Bertz CT molecular complexity index is 282. The summed E-state index contributed by atoms with van der Waals surface area (Å²) in [7, 11) is 0. The number of Topliss-reactive ketones (excluding diaryl/α,β-unsaturated/α-hetero) is 1. The van der Waals surface area contributed by atoms with E-state index in [1.807, 2.05) is 0 Å². The van der Waals surface area contributed by atoms with Crippen LogP contribution in [0.1, 0.15) is 33.6 Å². The molecule has 0 saturated carbocycles. The van der Waals surface area contributed by atoms with Gasteiger partial charge in [0.2, 0.25) is 0 Å². The van der Waals surface area contributed by atoms with Crippen molar-refractivity contribution in [3.8, 4) is 0 Å². The molecule has 0 aromatic carbocycles. The van der Waals surface area contributed by atoms with Gasteiger partial charge in [-0.3, -0.25) is 4.79 Å². The fourth-order valence-corrected chi connectivity index (χ4v) is 1.51. The van der Waals surface area contributed by atoms with Crippen molar-refractivity contribution in [2.45, 2.75) is 45.3 Å². The van der Waals surface area contributed by atoms with Crippen LogP contribution >= 0.6 is 0 Å². The number of ketones is 1. The summed E-state index contributed by atoms with van der Waals surface area (Å²) < 4.78 is 5.17. The van der Waals surface area contributed by atoms with Gasteiger partial charge in [0.25, 0.3) is 0 Å². The summed E-state index contributed by atoms with van der Waals surface area (Å²) in [6.45, 7) is 5.73. The highest BCUT2D eigenvalue weighted by molar-refractivity contribution is 5.84. The highest BCUT2D eigenvalue weighted by Crippen LogP contribution is 2.13. The lowest BCUT2D eigenvalue weighted by molar-refractivity contribution is -0.120. The predicted molar refractivity (Wildman–Crippen MR) is 58.1 cm³/mol. The van der Waals surface area contributed by atoms with E-state index < -0.39 is 17.8 Å². The number of aliphatic hydroxyl groups is 1. The molecule has 1 heterocycles. The van der Waals surface area contributed by atoms with Gasteiger partial charge in [-0.2, -0.15) is 0 Å². The Morgan fingerprint density at radius 1 is 1.50 bits per heavy atom. The summed E-state index contributed by atoms with van der Waals surface area (Å²) in [4.78, 5) is 24.4. The lowest BCUT2D eigenvalue weighted by atomic mass is 10.1. The molecule has 0 spiro atoms. The van der Waals surface area contributed by atoms with E-state index in [4.69, 9.17) is 4.74 Å². The Kier molecular flexibility index (Phi) is 3.91. The average Bonchev–Trinajstić information content (AvgIpc) is 2.23. The molecule has 0 bridgehead atoms. The molecular formula is C11H19NO4. The van der Waals surface area contributed by atoms with Crippen molar-refractivity contribution in [2.75, 3.05) is 13.1 Å². The molecule has 16 heavy (non-hydrogen) atoms. The number of hydrogen-bond donors (Lipinski definition) is 1. The first-order chi connectivity index (χ1) is 7.28. The molecule has 1 amide bonds. The molecule has 1 aliphatic rings. The van der Waals surface area contributed by atoms with Gasteiger partial charge < -0.3 is 14.7 Å². The Labute approximate surface area is 95.4 Å². The smallest absolute Gasteiger partial charge is 0.410 e. The fraction of sp³-hybridized carbons (Fsp3) is 0.818. The Morgan fingerprint density at radius 2 is 2.12 bits per heavy atom. The van der Waals surface area contributed by atoms with E-state index in [1.54, 1.807) is 20.8 Å². The van der Waals surface area contributed by atoms with Crippen molar-refractivity contribution in [2.24, 2.45) is 0 Å². The Morgan fingerprint density at radius 3 is 2.69 bits per heavy atom. The van der Waals surface area contributed by atoms with Crippen LogP contribution in [0.2, 0.25) is 0 Å². The van der Waals surface area contributed by atoms with Gasteiger partial charge in [-0.25, -0.2) is 4.79 Å². The first-order valence-corrected chi connectivity index (χ1v) is 5.45. The average molecular weight is 229 g/mol. The Hall–Kier alpha value is -1.10. The third-order valence-corrected chi connectivity index (χ3v) is 2.21. The number of rotatable bonds is 0. The van der Waals surface area contributed by atoms with Gasteiger partial charge in [0, 0.05) is 13.0 Å². The molecule has 1 atom stereocenters. The summed E-state index contributed by atoms with van der Waals surface area (Å²) in [5.41, 5.74) is -0.564. The van der Waals surface area contributed by atoms with Crippen molar-refractivity contribution < 1.29 is 19.4 Å². The number of nitrogens with zero attached hydrogens (tertiary/aromatic N) is 1. The van der Waals surface area contributed by atoms with Gasteiger partial charge in [0.15, 0.2) is 5.78 Å². The molecule has 5 heteroatoms. The van der Waals surface area contributed by atoms with Crippen LogP contribution in [0.5, 0.6) is 0 Å². The van der Waals surface area contributed by atoms with Crippen molar-refractivity contribution >= 4 is 11.9 Å². The van der Waals surface area contributed by atoms with Crippen LogP contribution in [0.15, 0.2) is 0 Å². The van der Waals surface area contributed by atoms with Crippen LogP contribution in [0, 0.1) is 0 Å². The third-order valence-electron chi connectivity index (χ3n) is 2.21. The second-order valence-corrected chi connectivity index (χ2v) is 5.09. The Balaban J connectivity index is 2.59. The number of carbonyl (C=O) groups is 2. The van der Waals surface area contributed by atoms with E-state index in [-0.39, 0.29) is 18.7 Å². The number of likely N-dealkylation sites (tertiary alicyclic amines) is 1. The maximum absolute atomic E-state index is 11.7. The minimum atomic E-state index is -0.639. The zero-order chi connectivity index (χ0) is 12.3. The van der Waals surface area contributed by atoms with E-state index in [9.17, 15) is 14.7 Å². The number of hydrogen-bond acceptors (Lipinski definition) is 4. The fourth-order valence-electron chi connectivity index (χ4n) is 1.51. The van der Waals surface area contributed by atoms with E-state index in [0.29, 0.717) is 13.0 Å².